The molecule has 0 atom stereocenters. The fourth-order valence-electron chi connectivity index (χ4n) is 2.98. The van der Waals surface area contributed by atoms with E-state index in [4.69, 9.17) is 5.73 Å². The van der Waals surface area contributed by atoms with Gasteiger partial charge in [0.2, 0.25) is 0 Å². The Morgan fingerprint density at radius 1 is 1.12 bits per heavy atom. The van der Waals surface area contributed by atoms with Gasteiger partial charge in [0, 0.05) is 42.0 Å². The summed E-state index contributed by atoms with van der Waals surface area (Å²) < 4.78 is 14.0. The molecule has 0 aliphatic carbocycles. The first-order valence-electron chi connectivity index (χ1n) is 8.19. The number of benzene rings is 1. The van der Waals surface area contributed by atoms with Crippen LogP contribution in [-0.4, -0.2) is 38.8 Å². The zero-order chi connectivity index (χ0) is 18.1. The molecule has 0 bridgehead atoms. The summed E-state index contributed by atoms with van der Waals surface area (Å²) in [6.45, 7) is 1.15. The SMILES string of the molecule is Nc1cnc(-c2cc(F)cc(C(=O)N3CC(c4ccccn4)C3)c2)cn1. The lowest BCUT2D eigenvalue weighted by Gasteiger charge is -2.39. The summed E-state index contributed by atoms with van der Waals surface area (Å²) >= 11 is 0. The summed E-state index contributed by atoms with van der Waals surface area (Å²) in [6, 6.07) is 9.93. The lowest BCUT2D eigenvalue weighted by Crippen LogP contribution is -2.48. The second kappa shape index (κ2) is 6.51. The molecule has 1 aromatic carbocycles. The smallest absolute Gasteiger partial charge is 0.254 e. The number of rotatable bonds is 3. The van der Waals surface area contributed by atoms with Crippen LogP contribution in [0.3, 0.4) is 0 Å². The average Bonchev–Trinajstić information content (AvgIpc) is 2.61. The number of amides is 1. The number of hydrogen-bond donors (Lipinski definition) is 1. The van der Waals surface area contributed by atoms with Crippen molar-refractivity contribution < 1.29 is 9.18 Å². The van der Waals surface area contributed by atoms with Crippen LogP contribution in [0.15, 0.2) is 55.0 Å². The number of anilines is 1. The summed E-state index contributed by atoms with van der Waals surface area (Å²) in [4.78, 5) is 26.8. The molecule has 3 heterocycles. The summed E-state index contributed by atoms with van der Waals surface area (Å²) in [5.41, 5.74) is 7.73. The van der Waals surface area contributed by atoms with Gasteiger partial charge in [-0.3, -0.25) is 14.8 Å². The van der Waals surface area contributed by atoms with Crippen LogP contribution in [-0.2, 0) is 0 Å². The topological polar surface area (TPSA) is 85.0 Å². The van der Waals surface area contributed by atoms with Crippen LogP contribution < -0.4 is 5.73 Å². The van der Waals surface area contributed by atoms with Crippen molar-refractivity contribution in [2.24, 2.45) is 0 Å². The van der Waals surface area contributed by atoms with Crippen molar-refractivity contribution in [3.05, 3.63) is 72.1 Å². The van der Waals surface area contributed by atoms with Crippen LogP contribution in [0.4, 0.5) is 10.2 Å². The summed E-state index contributed by atoms with van der Waals surface area (Å²) in [5, 5.41) is 0. The monoisotopic (exact) mass is 349 g/mol. The Bertz CT molecular complexity index is 940. The molecule has 2 N–H and O–H groups in total. The standard InChI is InChI=1S/C19H16FN5O/c20-15-6-12(17-8-24-18(21)9-23-17)5-13(7-15)19(26)25-10-14(11-25)16-3-1-2-4-22-16/h1-9,14H,10-11H2,(H2,21,24). The van der Waals surface area contributed by atoms with Crippen molar-refractivity contribution in [2.75, 3.05) is 18.8 Å². The van der Waals surface area contributed by atoms with Gasteiger partial charge in [0.05, 0.1) is 18.1 Å². The van der Waals surface area contributed by atoms with Gasteiger partial charge in [0.15, 0.2) is 0 Å². The normalized spacial score (nSPS) is 14.1. The second-order valence-corrected chi connectivity index (χ2v) is 6.22. The Hall–Kier alpha value is -3.35. The van der Waals surface area contributed by atoms with Gasteiger partial charge in [0.1, 0.15) is 11.6 Å². The van der Waals surface area contributed by atoms with E-state index in [0.29, 0.717) is 24.3 Å². The molecule has 1 aliphatic heterocycles. The number of pyridine rings is 1. The average molecular weight is 349 g/mol. The minimum atomic E-state index is -0.494. The molecule has 4 rings (SSSR count). The van der Waals surface area contributed by atoms with E-state index in [1.165, 1.54) is 24.5 Å². The predicted octanol–water partition coefficient (Wildman–Crippen LogP) is 2.50. The third kappa shape index (κ3) is 3.11. The van der Waals surface area contributed by atoms with E-state index in [1.807, 2.05) is 18.2 Å². The number of nitrogens with two attached hydrogens (primary N) is 1. The highest BCUT2D eigenvalue weighted by Gasteiger charge is 2.33. The van der Waals surface area contributed by atoms with Crippen molar-refractivity contribution in [1.29, 1.82) is 0 Å². The maximum Gasteiger partial charge on any atom is 0.254 e. The van der Waals surface area contributed by atoms with Crippen molar-refractivity contribution in [1.82, 2.24) is 19.9 Å². The first-order valence-corrected chi connectivity index (χ1v) is 8.19. The maximum atomic E-state index is 14.0. The van der Waals surface area contributed by atoms with Gasteiger partial charge in [-0.2, -0.15) is 0 Å². The molecular formula is C19H16FN5O. The summed E-state index contributed by atoms with van der Waals surface area (Å²) in [7, 11) is 0. The Balaban J connectivity index is 1.53. The van der Waals surface area contributed by atoms with E-state index in [9.17, 15) is 9.18 Å². The molecule has 0 unspecified atom stereocenters. The molecule has 0 radical (unpaired) electrons. The van der Waals surface area contributed by atoms with Gasteiger partial charge in [-0.15, -0.1) is 0 Å². The third-order valence-corrected chi connectivity index (χ3v) is 4.39. The molecule has 1 aliphatic rings. The zero-order valence-electron chi connectivity index (χ0n) is 13.8. The molecule has 6 nitrogen and oxygen atoms in total. The van der Waals surface area contributed by atoms with Crippen molar-refractivity contribution in [3.63, 3.8) is 0 Å². The Labute approximate surface area is 149 Å². The Morgan fingerprint density at radius 3 is 2.65 bits per heavy atom. The number of carbonyl (C=O) groups excluding carboxylic acids is 1. The lowest BCUT2D eigenvalue weighted by atomic mass is 9.94. The van der Waals surface area contributed by atoms with Gasteiger partial charge in [0.25, 0.3) is 5.91 Å². The largest absolute Gasteiger partial charge is 0.382 e. The number of likely N-dealkylation sites (tertiary alicyclic amines) is 1. The molecule has 1 fully saturated rings. The van der Waals surface area contributed by atoms with E-state index >= 15 is 0 Å². The highest BCUT2D eigenvalue weighted by molar-refractivity contribution is 5.96. The number of halogens is 1. The van der Waals surface area contributed by atoms with Gasteiger partial charge in [-0.25, -0.2) is 9.37 Å². The van der Waals surface area contributed by atoms with E-state index in [1.54, 1.807) is 17.2 Å². The van der Waals surface area contributed by atoms with Gasteiger partial charge >= 0.3 is 0 Å². The third-order valence-electron chi connectivity index (χ3n) is 4.39. The second-order valence-electron chi connectivity index (χ2n) is 6.22. The van der Waals surface area contributed by atoms with Crippen LogP contribution in [0.2, 0.25) is 0 Å². The molecule has 26 heavy (non-hydrogen) atoms. The highest BCUT2D eigenvalue weighted by atomic mass is 19.1. The number of nitrogens with zero attached hydrogens (tertiary/aromatic N) is 4. The molecule has 130 valence electrons. The van der Waals surface area contributed by atoms with Gasteiger partial charge in [-0.05, 0) is 30.3 Å². The van der Waals surface area contributed by atoms with Gasteiger partial charge < -0.3 is 10.6 Å². The fraction of sp³-hybridized carbons (Fsp3) is 0.158. The fourth-order valence-corrected chi connectivity index (χ4v) is 2.98. The molecule has 0 spiro atoms. The maximum absolute atomic E-state index is 14.0. The first-order chi connectivity index (χ1) is 12.6. The summed E-state index contributed by atoms with van der Waals surface area (Å²) in [6.07, 6.45) is 4.60. The first kappa shape index (κ1) is 16.1. The van der Waals surface area contributed by atoms with E-state index in [2.05, 4.69) is 15.0 Å². The molecular weight excluding hydrogens is 333 g/mol. The number of carbonyl (C=O) groups is 1. The number of nitrogen functional groups attached to an aromatic ring is 1. The van der Waals surface area contributed by atoms with E-state index < -0.39 is 5.82 Å². The predicted molar refractivity (Wildman–Crippen MR) is 94.7 cm³/mol. The van der Waals surface area contributed by atoms with Crippen molar-refractivity contribution in [3.8, 4) is 11.3 Å². The minimum absolute atomic E-state index is 0.207. The van der Waals surface area contributed by atoms with Crippen molar-refractivity contribution in [2.45, 2.75) is 5.92 Å². The molecule has 1 saturated heterocycles. The molecule has 7 heteroatoms. The number of aromatic nitrogens is 3. The molecule has 1 amide bonds. The van der Waals surface area contributed by atoms with Crippen LogP contribution in [0, 0.1) is 5.82 Å². The highest BCUT2D eigenvalue weighted by Crippen LogP contribution is 2.28. The summed E-state index contributed by atoms with van der Waals surface area (Å²) in [5.74, 6) is -0.202. The minimum Gasteiger partial charge on any atom is -0.382 e. The Kier molecular flexibility index (Phi) is 4.04. The van der Waals surface area contributed by atoms with E-state index in [0.717, 1.165) is 5.69 Å². The van der Waals surface area contributed by atoms with E-state index in [-0.39, 0.29) is 23.2 Å². The quantitative estimate of drug-likeness (QED) is 0.785. The van der Waals surface area contributed by atoms with Crippen LogP contribution in [0.1, 0.15) is 22.0 Å². The lowest BCUT2D eigenvalue weighted by molar-refractivity contribution is 0.0598. The van der Waals surface area contributed by atoms with Crippen LogP contribution in [0.25, 0.3) is 11.3 Å². The molecule has 3 aromatic rings. The Morgan fingerprint density at radius 2 is 1.96 bits per heavy atom. The number of hydrogen-bond acceptors (Lipinski definition) is 5. The van der Waals surface area contributed by atoms with Crippen LogP contribution >= 0.6 is 0 Å². The molecule has 2 aromatic heterocycles. The van der Waals surface area contributed by atoms with Crippen LogP contribution in [0.5, 0.6) is 0 Å². The molecule has 0 saturated carbocycles. The van der Waals surface area contributed by atoms with Gasteiger partial charge in [-0.1, -0.05) is 6.07 Å². The van der Waals surface area contributed by atoms with Crippen molar-refractivity contribution >= 4 is 11.7 Å². The zero-order valence-corrected chi connectivity index (χ0v) is 13.8.